The number of morpholine rings is 1. The van der Waals surface area contributed by atoms with Crippen LogP contribution in [0.15, 0.2) is 24.3 Å². The Kier molecular flexibility index (Phi) is 5.34. The second-order valence-corrected chi connectivity index (χ2v) is 4.77. The van der Waals surface area contributed by atoms with Gasteiger partial charge < -0.3 is 20.7 Å². The van der Waals surface area contributed by atoms with Gasteiger partial charge in [0.05, 0.1) is 13.2 Å². The Morgan fingerprint density at radius 1 is 1.35 bits per heavy atom. The summed E-state index contributed by atoms with van der Waals surface area (Å²) in [6.07, 6.45) is -0.535. The summed E-state index contributed by atoms with van der Waals surface area (Å²) in [6, 6.07) is 6.74. The number of rotatable bonds is 4. The molecule has 1 fully saturated rings. The number of amides is 2. The van der Waals surface area contributed by atoms with Crippen molar-refractivity contribution in [3.05, 3.63) is 29.3 Å². The van der Waals surface area contributed by atoms with Crippen molar-refractivity contribution in [2.45, 2.75) is 6.10 Å². The highest BCUT2D eigenvalue weighted by Crippen LogP contribution is 2.12. The normalized spacial score (nSPS) is 18.4. The molecule has 1 aromatic carbocycles. The Bertz CT molecular complexity index is 472. The third kappa shape index (κ3) is 4.48. The Hall–Kier alpha value is -1.63. The lowest BCUT2D eigenvalue weighted by molar-refractivity contribution is -0.135. The molecule has 0 bridgehead atoms. The average molecular weight is 298 g/mol. The fourth-order valence-corrected chi connectivity index (χ4v) is 1.88. The molecule has 20 heavy (non-hydrogen) atoms. The number of carbonyl (C=O) groups is 2. The molecule has 0 saturated carbocycles. The third-order valence-electron chi connectivity index (χ3n) is 2.77. The van der Waals surface area contributed by atoms with E-state index in [1.807, 2.05) is 0 Å². The molecule has 1 aliphatic rings. The first kappa shape index (κ1) is 14.8. The molecule has 0 spiro atoms. The minimum absolute atomic E-state index is 0.0959. The summed E-state index contributed by atoms with van der Waals surface area (Å²) in [4.78, 5) is 23.4. The third-order valence-corrected chi connectivity index (χ3v) is 3.02. The van der Waals surface area contributed by atoms with Crippen LogP contribution < -0.4 is 16.0 Å². The first-order valence-corrected chi connectivity index (χ1v) is 6.68. The SMILES string of the molecule is O=C(CNC(=O)C1CNCCO1)Nc1ccc(Cl)cc1. The van der Waals surface area contributed by atoms with Crippen molar-refractivity contribution in [3.8, 4) is 0 Å². The number of ether oxygens (including phenoxy) is 1. The van der Waals surface area contributed by atoms with E-state index in [9.17, 15) is 9.59 Å². The van der Waals surface area contributed by atoms with Crippen LogP contribution >= 0.6 is 11.6 Å². The predicted molar refractivity (Wildman–Crippen MR) is 75.7 cm³/mol. The second kappa shape index (κ2) is 7.23. The van der Waals surface area contributed by atoms with Crippen molar-refractivity contribution in [2.75, 3.05) is 31.6 Å². The molecule has 1 aliphatic heterocycles. The van der Waals surface area contributed by atoms with E-state index in [4.69, 9.17) is 16.3 Å². The van der Waals surface area contributed by atoms with Crippen LogP contribution in [0.1, 0.15) is 0 Å². The molecule has 1 heterocycles. The molecular formula is C13H16ClN3O3. The van der Waals surface area contributed by atoms with Gasteiger partial charge in [-0.1, -0.05) is 11.6 Å². The summed E-state index contributed by atoms with van der Waals surface area (Å²) in [5.41, 5.74) is 0.629. The number of nitrogens with one attached hydrogen (secondary N) is 3. The summed E-state index contributed by atoms with van der Waals surface area (Å²) in [5.74, 6) is -0.590. The fourth-order valence-electron chi connectivity index (χ4n) is 1.75. The molecule has 0 aromatic heterocycles. The molecule has 6 nitrogen and oxygen atoms in total. The highest BCUT2D eigenvalue weighted by atomic mass is 35.5. The van der Waals surface area contributed by atoms with Crippen molar-refractivity contribution < 1.29 is 14.3 Å². The molecule has 7 heteroatoms. The second-order valence-electron chi connectivity index (χ2n) is 4.34. The molecule has 2 rings (SSSR count). The fraction of sp³-hybridized carbons (Fsp3) is 0.385. The highest BCUT2D eigenvalue weighted by molar-refractivity contribution is 6.30. The van der Waals surface area contributed by atoms with E-state index in [0.29, 0.717) is 23.9 Å². The molecule has 108 valence electrons. The van der Waals surface area contributed by atoms with E-state index >= 15 is 0 Å². The topological polar surface area (TPSA) is 79.5 Å². The molecule has 2 amide bonds. The Morgan fingerprint density at radius 2 is 2.10 bits per heavy atom. The molecular weight excluding hydrogens is 282 g/mol. The van der Waals surface area contributed by atoms with Gasteiger partial charge in [0.15, 0.2) is 0 Å². The minimum atomic E-state index is -0.535. The Labute approximate surface area is 121 Å². The summed E-state index contributed by atoms with van der Waals surface area (Å²) in [5, 5.41) is 8.85. The van der Waals surface area contributed by atoms with Crippen molar-refractivity contribution in [1.29, 1.82) is 0 Å². The van der Waals surface area contributed by atoms with Gasteiger partial charge in [0, 0.05) is 23.8 Å². The molecule has 3 N–H and O–H groups in total. The van der Waals surface area contributed by atoms with Crippen LogP contribution in [0.5, 0.6) is 0 Å². The van der Waals surface area contributed by atoms with Gasteiger partial charge in [-0.15, -0.1) is 0 Å². The number of anilines is 1. The number of hydrogen-bond donors (Lipinski definition) is 3. The average Bonchev–Trinajstić information content (AvgIpc) is 2.48. The van der Waals surface area contributed by atoms with E-state index in [0.717, 1.165) is 6.54 Å². The van der Waals surface area contributed by atoms with Gasteiger partial charge in [0.1, 0.15) is 6.10 Å². The van der Waals surface area contributed by atoms with Crippen LogP contribution in [0.3, 0.4) is 0 Å². The first-order valence-electron chi connectivity index (χ1n) is 6.30. The van der Waals surface area contributed by atoms with Gasteiger partial charge in [-0.05, 0) is 24.3 Å². The van der Waals surface area contributed by atoms with E-state index in [-0.39, 0.29) is 18.4 Å². The standard InChI is InChI=1S/C13H16ClN3O3/c14-9-1-3-10(4-2-9)17-12(18)8-16-13(19)11-7-15-5-6-20-11/h1-4,11,15H,5-8H2,(H,16,19)(H,17,18). The summed E-state index contributed by atoms with van der Waals surface area (Å²) in [7, 11) is 0. The predicted octanol–water partition coefficient (Wildman–Crippen LogP) is 0.383. The van der Waals surface area contributed by atoms with Crippen LogP contribution in [-0.2, 0) is 14.3 Å². The maximum atomic E-state index is 11.7. The van der Waals surface area contributed by atoms with Gasteiger partial charge in [-0.3, -0.25) is 9.59 Å². The van der Waals surface area contributed by atoms with E-state index in [2.05, 4.69) is 16.0 Å². The van der Waals surface area contributed by atoms with Crippen LogP contribution in [0.2, 0.25) is 5.02 Å². The van der Waals surface area contributed by atoms with E-state index < -0.39 is 6.10 Å². The first-order chi connectivity index (χ1) is 9.65. The van der Waals surface area contributed by atoms with E-state index in [1.54, 1.807) is 24.3 Å². The van der Waals surface area contributed by atoms with Crippen LogP contribution in [0, 0.1) is 0 Å². The number of halogens is 1. The van der Waals surface area contributed by atoms with Crippen LogP contribution in [0.4, 0.5) is 5.69 Å². The largest absolute Gasteiger partial charge is 0.366 e. The lowest BCUT2D eigenvalue weighted by Gasteiger charge is -2.22. The Morgan fingerprint density at radius 3 is 2.75 bits per heavy atom. The van der Waals surface area contributed by atoms with Gasteiger partial charge in [-0.25, -0.2) is 0 Å². The maximum absolute atomic E-state index is 11.7. The zero-order valence-electron chi connectivity index (χ0n) is 10.8. The highest BCUT2D eigenvalue weighted by Gasteiger charge is 2.21. The summed E-state index contributed by atoms with van der Waals surface area (Å²) >= 11 is 5.75. The lowest BCUT2D eigenvalue weighted by Crippen LogP contribution is -2.49. The van der Waals surface area contributed by atoms with Gasteiger partial charge in [-0.2, -0.15) is 0 Å². The quantitative estimate of drug-likeness (QED) is 0.751. The smallest absolute Gasteiger partial charge is 0.250 e. The van der Waals surface area contributed by atoms with E-state index in [1.165, 1.54) is 0 Å². The van der Waals surface area contributed by atoms with Gasteiger partial charge in [0.25, 0.3) is 5.91 Å². The number of hydrogen-bond acceptors (Lipinski definition) is 4. The summed E-state index contributed by atoms with van der Waals surface area (Å²) < 4.78 is 5.28. The van der Waals surface area contributed by atoms with Gasteiger partial charge >= 0.3 is 0 Å². The Balaban J connectivity index is 1.74. The summed E-state index contributed by atoms with van der Waals surface area (Å²) in [6.45, 7) is 1.60. The number of benzene rings is 1. The molecule has 1 saturated heterocycles. The zero-order valence-corrected chi connectivity index (χ0v) is 11.6. The van der Waals surface area contributed by atoms with Crippen LogP contribution in [0.25, 0.3) is 0 Å². The van der Waals surface area contributed by atoms with Crippen molar-refractivity contribution in [3.63, 3.8) is 0 Å². The molecule has 1 unspecified atom stereocenters. The monoisotopic (exact) mass is 297 g/mol. The molecule has 0 aliphatic carbocycles. The maximum Gasteiger partial charge on any atom is 0.250 e. The van der Waals surface area contributed by atoms with Crippen molar-refractivity contribution in [1.82, 2.24) is 10.6 Å². The van der Waals surface area contributed by atoms with Crippen molar-refractivity contribution >= 4 is 29.1 Å². The molecule has 1 aromatic rings. The minimum Gasteiger partial charge on any atom is -0.366 e. The van der Waals surface area contributed by atoms with Crippen LogP contribution in [-0.4, -0.2) is 44.2 Å². The molecule has 1 atom stereocenters. The lowest BCUT2D eigenvalue weighted by atomic mass is 10.3. The van der Waals surface area contributed by atoms with Gasteiger partial charge in [0.2, 0.25) is 5.91 Å². The zero-order chi connectivity index (χ0) is 14.4. The van der Waals surface area contributed by atoms with Crippen molar-refractivity contribution in [2.24, 2.45) is 0 Å². The molecule has 0 radical (unpaired) electrons. The number of carbonyl (C=O) groups excluding carboxylic acids is 2.